The molecule has 0 heterocycles. The van der Waals surface area contributed by atoms with Gasteiger partial charge in [-0.3, -0.25) is 38.7 Å². The van der Waals surface area contributed by atoms with E-state index in [-0.39, 0.29) is 85.7 Å². The average molecular weight is 864 g/mol. The van der Waals surface area contributed by atoms with Gasteiger partial charge in [-0.15, -0.1) is 0 Å². The van der Waals surface area contributed by atoms with Crippen LogP contribution >= 0.6 is 0 Å². The largest absolute Gasteiger partial charge is 0.295 e. The van der Waals surface area contributed by atoms with E-state index in [1.807, 2.05) is 0 Å². The summed E-state index contributed by atoms with van der Waals surface area (Å²) in [4.78, 5) is 23.0. The third kappa shape index (κ3) is 9.77. The molecule has 0 aliphatic heterocycles. The molecule has 0 atom stereocenters. The van der Waals surface area contributed by atoms with Crippen molar-refractivity contribution < 1.29 is 61.5 Å². The van der Waals surface area contributed by atoms with Crippen LogP contribution in [0.15, 0.2) is 115 Å². The van der Waals surface area contributed by atoms with Gasteiger partial charge in [0.1, 0.15) is 21.2 Å². The molecule has 0 spiro atoms. The molecular formula is C34H24N4NaO14S4. The maximum atomic E-state index is 12.6. The Bertz CT molecular complexity index is 2810. The second-order valence-corrected chi connectivity index (χ2v) is 17.4. The minimum atomic E-state index is -4.95. The van der Waals surface area contributed by atoms with Crippen molar-refractivity contribution in [3.05, 3.63) is 118 Å². The normalized spacial score (nSPS) is 15.7. The van der Waals surface area contributed by atoms with Crippen molar-refractivity contribution >= 4 is 129 Å². The predicted octanol–water partition coefficient (Wildman–Crippen LogP) is 3.29. The summed E-state index contributed by atoms with van der Waals surface area (Å²) in [6.07, 6.45) is 7.09. The molecule has 4 aromatic carbocycles. The molecule has 57 heavy (non-hydrogen) atoms. The zero-order valence-electron chi connectivity index (χ0n) is 28.8. The van der Waals surface area contributed by atoms with Gasteiger partial charge < -0.3 is 0 Å². The van der Waals surface area contributed by atoms with E-state index in [4.69, 9.17) is 0 Å². The molecule has 6 N–H and O–H groups in total. The summed E-state index contributed by atoms with van der Waals surface area (Å²) in [6, 6.07) is 13.8. The molecule has 0 amide bonds. The molecule has 0 fully saturated rings. The van der Waals surface area contributed by atoms with Crippen LogP contribution in [0, 0.1) is 0 Å². The van der Waals surface area contributed by atoms with Gasteiger partial charge in [0.15, 0.2) is 0 Å². The molecule has 289 valence electrons. The summed E-state index contributed by atoms with van der Waals surface area (Å²) in [7, 11) is -19.0. The number of rotatable bonds is 10. The van der Waals surface area contributed by atoms with Crippen molar-refractivity contribution in [2.45, 2.75) is 19.6 Å². The number of carbonyl (C=O) groups excluding carboxylic acids is 2. The summed E-state index contributed by atoms with van der Waals surface area (Å²) in [5, 5.41) is 8.06. The van der Waals surface area contributed by atoms with E-state index >= 15 is 0 Å². The van der Waals surface area contributed by atoms with Crippen LogP contribution in [0.25, 0.3) is 24.3 Å². The monoisotopic (exact) mass is 863 g/mol. The first-order chi connectivity index (χ1) is 26.1. The second kappa shape index (κ2) is 16.1. The Balaban J connectivity index is 0.00000620. The molecule has 0 saturated heterocycles. The van der Waals surface area contributed by atoms with Gasteiger partial charge in [-0.1, -0.05) is 48.6 Å². The molecule has 4 aromatic rings. The smallest absolute Gasteiger partial charge is 0.287 e. The van der Waals surface area contributed by atoms with E-state index < -0.39 is 71.6 Å². The fraction of sp³-hybridized carbons (Fsp3) is 0. The van der Waals surface area contributed by atoms with Crippen molar-refractivity contribution in [3.63, 3.8) is 0 Å². The zero-order valence-corrected chi connectivity index (χ0v) is 34.1. The first-order valence-electron chi connectivity index (χ1n) is 15.4. The van der Waals surface area contributed by atoms with Crippen LogP contribution in [0.4, 0.5) is 11.4 Å². The number of nitrogens with one attached hydrogen (secondary N) is 2. The summed E-state index contributed by atoms with van der Waals surface area (Å²) in [6.45, 7) is 0. The van der Waals surface area contributed by atoms with E-state index in [1.165, 1.54) is 48.6 Å². The van der Waals surface area contributed by atoms with Crippen molar-refractivity contribution in [3.8, 4) is 0 Å². The number of anilines is 2. The summed E-state index contributed by atoms with van der Waals surface area (Å²) >= 11 is 0. The molecule has 0 saturated carbocycles. The summed E-state index contributed by atoms with van der Waals surface area (Å²) in [5.41, 5.74) is 5.12. The van der Waals surface area contributed by atoms with Crippen molar-refractivity contribution in [1.29, 1.82) is 0 Å². The van der Waals surface area contributed by atoms with E-state index in [9.17, 15) is 61.5 Å². The quantitative estimate of drug-likeness (QED) is 0.0577. The molecule has 0 unspecified atom stereocenters. The van der Waals surface area contributed by atoms with E-state index in [0.717, 1.165) is 60.7 Å². The summed E-state index contributed by atoms with van der Waals surface area (Å²) < 4.78 is 134. The topological polar surface area (TPSA) is 300 Å². The van der Waals surface area contributed by atoms with Gasteiger partial charge in [-0.25, -0.2) is 0 Å². The molecule has 0 bridgehead atoms. The Morgan fingerprint density at radius 1 is 0.474 bits per heavy atom. The molecule has 1 radical (unpaired) electrons. The van der Waals surface area contributed by atoms with E-state index in [0.29, 0.717) is 0 Å². The van der Waals surface area contributed by atoms with Crippen LogP contribution in [0.5, 0.6) is 0 Å². The van der Waals surface area contributed by atoms with E-state index in [1.54, 1.807) is 0 Å². The van der Waals surface area contributed by atoms with Gasteiger partial charge in [0, 0.05) is 40.7 Å². The number of ketones is 2. The number of nitrogens with zero attached hydrogens (tertiary/aromatic N) is 2. The zero-order chi connectivity index (χ0) is 40.8. The second-order valence-electron chi connectivity index (χ2n) is 11.8. The number of allylic oxidation sites excluding steroid dienone is 2. The molecular weight excluding hydrogens is 840 g/mol. The Kier molecular flexibility index (Phi) is 12.2. The third-order valence-electron chi connectivity index (χ3n) is 8.07. The number of hydrogen-bond acceptors (Lipinski definition) is 14. The van der Waals surface area contributed by atoms with Crippen LogP contribution in [0.3, 0.4) is 0 Å². The van der Waals surface area contributed by atoms with E-state index in [2.05, 4.69) is 21.1 Å². The number of carbonyl (C=O) groups is 2. The van der Waals surface area contributed by atoms with Gasteiger partial charge >= 0.3 is 0 Å². The van der Waals surface area contributed by atoms with Crippen molar-refractivity contribution in [1.82, 2.24) is 0 Å². The van der Waals surface area contributed by atoms with Crippen LogP contribution < -0.4 is 10.9 Å². The Morgan fingerprint density at radius 3 is 1.18 bits per heavy atom. The predicted molar refractivity (Wildman–Crippen MR) is 208 cm³/mol. The number of hydrogen-bond donors (Lipinski definition) is 6. The minimum absolute atomic E-state index is 0. The Labute approximate surface area is 346 Å². The third-order valence-corrected chi connectivity index (χ3v) is 11.6. The van der Waals surface area contributed by atoms with Gasteiger partial charge in [0.05, 0.1) is 21.2 Å². The first-order valence-corrected chi connectivity index (χ1v) is 21.1. The van der Waals surface area contributed by atoms with Crippen LogP contribution in [0.1, 0.15) is 33.4 Å². The maximum absolute atomic E-state index is 12.6. The maximum Gasteiger partial charge on any atom is 0.295 e. The van der Waals surface area contributed by atoms with Gasteiger partial charge in [-0.2, -0.15) is 43.9 Å². The number of benzene rings is 4. The SMILES string of the molecule is O=C1C=Cc2cc(S(=O)(=O)O)ccc2C1=NNc1ccc(C=Cc2ccc(NN=C3C(=O)C=Cc4cc(S(=O)(=O)O)ccc43)cc2S(=O)(=O)O)c(S(=O)(=O)O)c1.[Na]. The van der Waals surface area contributed by atoms with Crippen LogP contribution in [0.2, 0.25) is 0 Å². The van der Waals surface area contributed by atoms with Gasteiger partial charge in [0.25, 0.3) is 40.5 Å². The number of hydrazone groups is 2. The Hall–Kier alpha value is -4.98. The van der Waals surface area contributed by atoms with Crippen LogP contribution in [-0.2, 0) is 50.1 Å². The fourth-order valence-electron chi connectivity index (χ4n) is 5.44. The molecule has 23 heteroatoms. The van der Waals surface area contributed by atoms with Gasteiger partial charge in [0.2, 0.25) is 11.6 Å². The molecule has 0 aromatic heterocycles. The molecule has 2 aliphatic rings. The number of fused-ring (bicyclic) bond motifs is 2. The standard InChI is InChI=1S/C34H24N4O14S4.Na/c39-29-13-5-21-15-25(53(41,42)43)9-11-27(21)33(29)37-35-23-7-3-19(31(17-23)55(47,48)49)1-2-20-4-8-24(18-32(20)56(50,51)52)36-38-34-28-12-10-26(54(44,45)46)16-22(28)6-14-30(34)40;/h1-18,35-36H,(H,41,42,43)(H,44,45,46)(H,47,48,49)(H,50,51,52);. The van der Waals surface area contributed by atoms with Crippen molar-refractivity contribution in [2.24, 2.45) is 10.2 Å². The van der Waals surface area contributed by atoms with Crippen molar-refractivity contribution in [2.75, 3.05) is 10.9 Å². The molecule has 6 rings (SSSR count). The fourth-order valence-corrected chi connectivity index (χ4v) is 7.90. The molecule has 18 nitrogen and oxygen atoms in total. The molecule has 2 aliphatic carbocycles. The minimum Gasteiger partial charge on any atom is -0.287 e. The first kappa shape index (κ1) is 43.1. The average Bonchev–Trinajstić information content (AvgIpc) is 3.11. The van der Waals surface area contributed by atoms with Crippen LogP contribution in [-0.4, -0.2) is 104 Å². The van der Waals surface area contributed by atoms with Gasteiger partial charge in [-0.05, 0) is 82.9 Å². The summed E-state index contributed by atoms with van der Waals surface area (Å²) in [5.74, 6) is -1.19. The Morgan fingerprint density at radius 2 is 0.842 bits per heavy atom.